The van der Waals surface area contributed by atoms with E-state index in [1.807, 2.05) is 0 Å². The Morgan fingerprint density at radius 2 is 1.00 bits per heavy atom. The molecule has 0 unspecified atom stereocenters. The van der Waals surface area contributed by atoms with Crippen molar-refractivity contribution in [1.82, 2.24) is 0 Å². The van der Waals surface area contributed by atoms with Crippen LogP contribution in [0.25, 0.3) is 0 Å². The summed E-state index contributed by atoms with van der Waals surface area (Å²) in [5, 5.41) is 0. The molecule has 0 aliphatic heterocycles. The summed E-state index contributed by atoms with van der Waals surface area (Å²) < 4.78 is 0. The molecule has 0 rings (SSSR count). The molecule has 5 heteroatoms. The molecule has 0 radical (unpaired) electrons. The Balaban J connectivity index is 0. The fraction of sp³-hybridized carbons (Fsp3) is 0. The Hall–Kier alpha value is 3.29. The molecule has 0 aliphatic rings. The van der Waals surface area contributed by atoms with E-state index in [-0.39, 0.29) is 106 Å². The predicted octanol–water partition coefficient (Wildman–Crippen LogP) is -4.47. The fourth-order valence-electron chi connectivity index (χ4n) is 0. The van der Waals surface area contributed by atoms with E-state index in [0.717, 1.165) is 0 Å². The Labute approximate surface area is 104 Å². The van der Waals surface area contributed by atoms with E-state index in [4.69, 9.17) is 0 Å². The van der Waals surface area contributed by atoms with Gasteiger partial charge in [-0.2, -0.15) is 0 Å². The van der Waals surface area contributed by atoms with Crippen molar-refractivity contribution in [1.29, 1.82) is 0 Å². The van der Waals surface area contributed by atoms with E-state index in [2.05, 4.69) is 0 Å². The molecule has 0 saturated heterocycles. The zero-order valence-electron chi connectivity index (χ0n) is 0.354. The maximum atomic E-state index is 0. The van der Waals surface area contributed by atoms with Crippen molar-refractivity contribution < 1.29 is 17.1 Å². The molecule has 0 bridgehead atoms. The molecule has 5 heavy (non-hydrogen) atoms. The summed E-state index contributed by atoms with van der Waals surface area (Å²) in [5.74, 6) is 0. The van der Waals surface area contributed by atoms with E-state index >= 15 is 0 Å². The monoisotopic (exact) mass is 186 g/mol. The summed E-state index contributed by atoms with van der Waals surface area (Å²) >= 11 is 0. The average Bonchev–Trinajstić information content (AvgIpc) is 0. The second-order valence-electron chi connectivity index (χ2n) is 0. The van der Waals surface area contributed by atoms with Crippen LogP contribution in [0.3, 0.4) is 0 Å². The quantitative estimate of drug-likeness (QED) is 0.335. The van der Waals surface area contributed by atoms with E-state index in [0.29, 0.717) is 0 Å². The van der Waals surface area contributed by atoms with Crippen LogP contribution in [0, 0.1) is 0 Å². The van der Waals surface area contributed by atoms with Gasteiger partial charge < -0.3 is 0 Å². The summed E-state index contributed by atoms with van der Waals surface area (Å²) in [6.07, 6.45) is 0. The van der Waals surface area contributed by atoms with Crippen LogP contribution < -0.4 is 0 Å². The molecular weight excluding hydrogens is 175 g/mol. The van der Waals surface area contributed by atoms with Crippen molar-refractivity contribution in [2.45, 2.75) is 0 Å². The first-order chi connectivity index (χ1) is 0. The van der Waals surface area contributed by atoms with E-state index in [1.54, 1.807) is 0 Å². The maximum absolute atomic E-state index is 0. The molecule has 0 aromatic heterocycles. The minimum Gasteiger partial charge on any atom is -0.0149 e. The average molecular weight is 186 g/mol. The zero-order chi connectivity index (χ0) is 0. The zero-order valence-corrected chi connectivity index (χ0v) is 1.46. The van der Waals surface area contributed by atoms with Crippen LogP contribution in [0.5, 0.6) is 0 Å². The molecule has 0 N–H and O–H groups in total. The summed E-state index contributed by atoms with van der Waals surface area (Å²) in [6.45, 7) is 0. The van der Waals surface area contributed by atoms with Crippen LogP contribution in [-0.4, -0.2) is 89.1 Å². The smallest absolute Gasteiger partial charge is 0.0149 e. The van der Waals surface area contributed by atoms with Crippen LogP contribution in [0.4, 0.5) is 0 Å². The molecule has 0 saturated carbocycles. The van der Waals surface area contributed by atoms with Gasteiger partial charge in [-0.05, 0) is 11.0 Å². The standard InChI is InChI=1S/Al.Ca.Fe.Mg.H4Si.7H/h;;;;1H4;;;;;;;. The number of hydrogen-bond acceptors (Lipinski definition) is 0. The van der Waals surface area contributed by atoms with E-state index in [1.165, 1.54) is 0 Å². The van der Waals surface area contributed by atoms with Gasteiger partial charge in [0, 0.05) is 17.1 Å². The van der Waals surface area contributed by atoms with Crippen molar-refractivity contribution in [3.63, 3.8) is 0 Å². The fourth-order valence-corrected chi connectivity index (χ4v) is 0. The molecule has 0 nitrogen and oxygen atoms in total. The summed E-state index contributed by atoms with van der Waals surface area (Å²) in [4.78, 5) is 0. The summed E-state index contributed by atoms with van der Waals surface area (Å²) in [7, 11) is 0. The van der Waals surface area contributed by atoms with Gasteiger partial charge in [0.2, 0.25) is 0 Å². The Morgan fingerprint density at radius 1 is 1.00 bits per heavy atom. The Morgan fingerprint density at radius 3 is 1.00 bits per heavy atom. The van der Waals surface area contributed by atoms with Gasteiger partial charge in [0.1, 0.15) is 0 Å². The molecule has 0 aromatic carbocycles. The first-order valence-corrected chi connectivity index (χ1v) is 0. The van der Waals surface area contributed by atoms with Gasteiger partial charge >= 0.3 is 60.8 Å². The van der Waals surface area contributed by atoms with Gasteiger partial charge in [-0.3, -0.25) is 0 Å². The van der Waals surface area contributed by atoms with Gasteiger partial charge in [-0.1, -0.05) is 0 Å². The third-order valence-electron chi connectivity index (χ3n) is 0. The minimum absolute atomic E-state index is 0. The third kappa shape index (κ3) is 18.8. The Kier molecular flexibility index (Phi) is 217. The largest absolute Gasteiger partial charge is 0.316 e. The predicted molar refractivity (Wildman–Crippen MR) is 38.4 cm³/mol. The van der Waals surface area contributed by atoms with Crippen molar-refractivity contribution in [2.24, 2.45) is 0 Å². The van der Waals surface area contributed by atoms with Gasteiger partial charge in [0.25, 0.3) is 0 Å². The number of rotatable bonds is 0. The van der Waals surface area contributed by atoms with Crippen LogP contribution in [-0.2, 0) is 17.1 Å². The summed E-state index contributed by atoms with van der Waals surface area (Å²) in [6, 6.07) is 0. The van der Waals surface area contributed by atoms with Gasteiger partial charge in [-0.25, -0.2) is 0 Å². The molecule has 0 fully saturated rings. The third-order valence-corrected chi connectivity index (χ3v) is 0. The number of hydrogen-bond donors (Lipinski definition) is 0. The van der Waals surface area contributed by atoms with Crippen LogP contribution in [0.15, 0.2) is 0 Å². The molecule has 0 aliphatic carbocycles. The SMILES string of the molecule is [AlH3].[CaH2].[Fe].[MgH2].[SiH4]. The Bertz CT molecular complexity index is 11.6. The molecule has 0 heterocycles. The van der Waals surface area contributed by atoms with E-state index in [9.17, 15) is 0 Å². The molecule has 0 amide bonds. The van der Waals surface area contributed by atoms with Crippen LogP contribution in [0.2, 0.25) is 0 Å². The normalized spacial score (nSPS) is 0. The van der Waals surface area contributed by atoms with Crippen molar-refractivity contribution in [2.75, 3.05) is 0 Å². The summed E-state index contributed by atoms with van der Waals surface area (Å²) in [5.41, 5.74) is 0. The maximum Gasteiger partial charge on any atom is 0.316 e. The minimum atomic E-state index is 0. The molecule has 0 atom stereocenters. The molecule has 30 valence electrons. The van der Waals surface area contributed by atoms with Crippen LogP contribution >= 0.6 is 0 Å². The van der Waals surface area contributed by atoms with Crippen molar-refractivity contribution in [3.05, 3.63) is 0 Å². The van der Waals surface area contributed by atoms with Crippen LogP contribution in [0.1, 0.15) is 0 Å². The van der Waals surface area contributed by atoms with Gasteiger partial charge in [0.05, 0.1) is 0 Å². The van der Waals surface area contributed by atoms with Crippen molar-refractivity contribution in [3.8, 4) is 0 Å². The topological polar surface area (TPSA) is 0 Å². The van der Waals surface area contributed by atoms with Gasteiger partial charge in [0.15, 0.2) is 17.4 Å². The molecular formula is H11AlCaFeMgSi. The first kappa shape index (κ1) is 40.7. The second kappa shape index (κ2) is 26.6. The van der Waals surface area contributed by atoms with Crippen molar-refractivity contribution >= 4 is 89.1 Å². The van der Waals surface area contributed by atoms with Gasteiger partial charge in [-0.15, -0.1) is 0 Å². The van der Waals surface area contributed by atoms with E-state index < -0.39 is 0 Å². The second-order valence-corrected chi connectivity index (χ2v) is 0. The molecule has 0 aromatic rings. The first-order valence-electron chi connectivity index (χ1n) is 0. The molecule has 0 spiro atoms.